The van der Waals surface area contributed by atoms with Gasteiger partial charge in [-0.25, -0.2) is 0 Å². The van der Waals surface area contributed by atoms with Crippen molar-refractivity contribution in [2.24, 2.45) is 5.92 Å². The maximum atomic E-state index is 11.0. The quantitative estimate of drug-likeness (QED) is 0.583. The molecule has 1 aromatic carbocycles. The third kappa shape index (κ3) is 3.70. The van der Waals surface area contributed by atoms with Crippen molar-refractivity contribution in [2.75, 3.05) is 0 Å². The Morgan fingerprint density at radius 2 is 1.88 bits per heavy atom. The Hall–Kier alpha value is -1.64. The number of hydrogen-bond acceptors (Lipinski definition) is 2. The largest absolute Gasteiger partial charge is 0.259 e. The maximum Gasteiger partial charge on any atom is 0.247 e. The predicted octanol–water partition coefficient (Wildman–Crippen LogP) is 3.97. The van der Waals surface area contributed by atoms with Gasteiger partial charge in [-0.1, -0.05) is 32.0 Å². The first-order valence-electron chi connectivity index (χ1n) is 5.83. The molecule has 0 aliphatic carbocycles. The second-order valence-corrected chi connectivity index (χ2v) is 4.80. The third-order valence-electron chi connectivity index (χ3n) is 2.70. The van der Waals surface area contributed by atoms with E-state index < -0.39 is 0 Å². The molecule has 3 heteroatoms. The van der Waals surface area contributed by atoms with Crippen molar-refractivity contribution in [3.05, 3.63) is 50.7 Å². The highest BCUT2D eigenvalue weighted by atomic mass is 16.6. The van der Waals surface area contributed by atoms with Gasteiger partial charge in [-0.2, -0.15) is 0 Å². The highest BCUT2D eigenvalue weighted by molar-refractivity contribution is 5.58. The maximum absolute atomic E-state index is 11.0. The van der Waals surface area contributed by atoms with E-state index in [1.807, 2.05) is 45.9 Å². The summed E-state index contributed by atoms with van der Waals surface area (Å²) in [5.74, 6) is 0.288. The first-order valence-corrected chi connectivity index (χ1v) is 5.83. The van der Waals surface area contributed by atoms with Crippen LogP contribution in [-0.4, -0.2) is 4.92 Å². The van der Waals surface area contributed by atoms with Crippen molar-refractivity contribution in [3.8, 4) is 0 Å². The summed E-state index contributed by atoms with van der Waals surface area (Å²) < 4.78 is 0. The SMILES string of the molecule is Cc1cccc(C)c1/C=C(/CC(C)C)[N+](=O)[O-]. The smallest absolute Gasteiger partial charge is 0.247 e. The van der Waals surface area contributed by atoms with Gasteiger partial charge >= 0.3 is 0 Å². The van der Waals surface area contributed by atoms with Crippen molar-refractivity contribution in [1.82, 2.24) is 0 Å². The molecular formula is C14H19NO2. The number of benzene rings is 1. The average Bonchev–Trinajstić information content (AvgIpc) is 2.21. The van der Waals surface area contributed by atoms with Crippen LogP contribution in [0.3, 0.4) is 0 Å². The molecule has 0 heterocycles. The Balaban J connectivity index is 3.17. The van der Waals surface area contributed by atoms with Gasteiger partial charge in [0.2, 0.25) is 5.70 Å². The molecule has 0 aliphatic heterocycles. The number of rotatable bonds is 4. The number of hydrogen-bond donors (Lipinski definition) is 0. The van der Waals surface area contributed by atoms with Crippen LogP contribution in [0, 0.1) is 29.9 Å². The van der Waals surface area contributed by atoms with Gasteiger partial charge in [0.15, 0.2) is 0 Å². The van der Waals surface area contributed by atoms with Crippen LogP contribution in [0.5, 0.6) is 0 Å². The first-order chi connectivity index (χ1) is 7.91. The molecule has 0 saturated carbocycles. The lowest BCUT2D eigenvalue weighted by atomic mass is 10.00. The lowest BCUT2D eigenvalue weighted by molar-refractivity contribution is -0.427. The van der Waals surface area contributed by atoms with Crippen LogP contribution in [0.1, 0.15) is 37.0 Å². The molecule has 92 valence electrons. The van der Waals surface area contributed by atoms with E-state index in [-0.39, 0.29) is 16.5 Å². The highest BCUT2D eigenvalue weighted by Gasteiger charge is 2.14. The molecule has 0 unspecified atom stereocenters. The number of allylic oxidation sites excluding steroid dienone is 1. The van der Waals surface area contributed by atoms with Crippen molar-refractivity contribution in [1.29, 1.82) is 0 Å². The molecular weight excluding hydrogens is 214 g/mol. The van der Waals surface area contributed by atoms with Crippen molar-refractivity contribution in [3.63, 3.8) is 0 Å². The topological polar surface area (TPSA) is 43.1 Å². The molecule has 0 amide bonds. The Labute approximate surface area is 102 Å². The molecule has 0 fully saturated rings. The fraction of sp³-hybridized carbons (Fsp3) is 0.429. The minimum absolute atomic E-state index is 0.272. The third-order valence-corrected chi connectivity index (χ3v) is 2.70. The lowest BCUT2D eigenvalue weighted by Crippen LogP contribution is -2.03. The number of nitrogens with zero attached hydrogens (tertiary/aromatic N) is 1. The summed E-state index contributed by atoms with van der Waals surface area (Å²) in [4.78, 5) is 10.7. The van der Waals surface area contributed by atoms with Gasteiger partial charge in [0, 0.05) is 12.5 Å². The molecule has 3 nitrogen and oxygen atoms in total. The van der Waals surface area contributed by atoms with Crippen LogP contribution >= 0.6 is 0 Å². The Morgan fingerprint density at radius 3 is 2.29 bits per heavy atom. The van der Waals surface area contributed by atoms with Gasteiger partial charge in [0.25, 0.3) is 0 Å². The van der Waals surface area contributed by atoms with Crippen LogP contribution in [0.25, 0.3) is 6.08 Å². The van der Waals surface area contributed by atoms with E-state index in [1.54, 1.807) is 6.08 Å². The fourth-order valence-corrected chi connectivity index (χ4v) is 1.83. The Morgan fingerprint density at radius 1 is 1.35 bits per heavy atom. The van der Waals surface area contributed by atoms with Crippen LogP contribution < -0.4 is 0 Å². The number of nitro groups is 1. The highest BCUT2D eigenvalue weighted by Crippen LogP contribution is 2.20. The Kier molecular flexibility index (Phi) is 4.44. The molecule has 0 saturated heterocycles. The first kappa shape index (κ1) is 13.4. The summed E-state index contributed by atoms with van der Waals surface area (Å²) in [7, 11) is 0. The normalized spacial score (nSPS) is 11.9. The summed E-state index contributed by atoms with van der Waals surface area (Å²) in [5.41, 5.74) is 3.42. The molecule has 0 N–H and O–H groups in total. The molecule has 0 spiro atoms. The Bertz CT molecular complexity index is 427. The summed E-state index contributed by atoms with van der Waals surface area (Å²) in [6.07, 6.45) is 2.21. The van der Waals surface area contributed by atoms with Gasteiger partial charge in [-0.3, -0.25) is 10.1 Å². The van der Waals surface area contributed by atoms with E-state index >= 15 is 0 Å². The van der Waals surface area contributed by atoms with Crippen LogP contribution in [0.15, 0.2) is 23.9 Å². The van der Waals surface area contributed by atoms with E-state index in [4.69, 9.17) is 0 Å². The molecule has 0 bridgehead atoms. The lowest BCUT2D eigenvalue weighted by Gasteiger charge is -2.06. The van der Waals surface area contributed by atoms with E-state index in [0.717, 1.165) is 16.7 Å². The van der Waals surface area contributed by atoms with Crippen molar-refractivity contribution >= 4 is 6.08 Å². The molecule has 1 aromatic rings. The predicted molar refractivity (Wildman–Crippen MR) is 70.3 cm³/mol. The summed E-state index contributed by atoms with van der Waals surface area (Å²) in [6, 6.07) is 5.92. The summed E-state index contributed by atoms with van der Waals surface area (Å²) in [5, 5.41) is 11.0. The molecule has 0 atom stereocenters. The minimum Gasteiger partial charge on any atom is -0.259 e. The van der Waals surface area contributed by atoms with Crippen molar-refractivity contribution < 1.29 is 4.92 Å². The van der Waals surface area contributed by atoms with Crippen LogP contribution in [-0.2, 0) is 0 Å². The molecule has 0 aliphatic rings. The zero-order valence-corrected chi connectivity index (χ0v) is 10.9. The molecule has 0 aromatic heterocycles. The van der Waals surface area contributed by atoms with E-state index in [1.165, 1.54) is 0 Å². The van der Waals surface area contributed by atoms with Crippen LogP contribution in [0.2, 0.25) is 0 Å². The monoisotopic (exact) mass is 233 g/mol. The zero-order valence-electron chi connectivity index (χ0n) is 10.9. The zero-order chi connectivity index (χ0) is 13.0. The van der Waals surface area contributed by atoms with Gasteiger partial charge in [-0.15, -0.1) is 0 Å². The molecule has 17 heavy (non-hydrogen) atoms. The van der Waals surface area contributed by atoms with Gasteiger partial charge in [0.05, 0.1) is 4.92 Å². The average molecular weight is 233 g/mol. The summed E-state index contributed by atoms with van der Waals surface area (Å²) in [6.45, 7) is 7.93. The minimum atomic E-state index is -0.272. The second-order valence-electron chi connectivity index (χ2n) is 4.80. The van der Waals surface area contributed by atoms with E-state index in [9.17, 15) is 10.1 Å². The second kappa shape index (κ2) is 5.62. The van der Waals surface area contributed by atoms with Gasteiger partial charge < -0.3 is 0 Å². The van der Waals surface area contributed by atoms with E-state index in [0.29, 0.717) is 6.42 Å². The van der Waals surface area contributed by atoms with Gasteiger partial charge in [0.1, 0.15) is 0 Å². The standard InChI is InChI=1S/C14H19NO2/c1-10(2)8-13(15(16)17)9-14-11(3)6-5-7-12(14)4/h5-7,9-10H,8H2,1-4H3/b13-9-. The van der Waals surface area contributed by atoms with Crippen molar-refractivity contribution in [2.45, 2.75) is 34.1 Å². The fourth-order valence-electron chi connectivity index (χ4n) is 1.83. The number of aryl methyl sites for hydroxylation is 2. The van der Waals surface area contributed by atoms with Gasteiger partial charge in [-0.05, 0) is 36.5 Å². The molecule has 0 radical (unpaired) electrons. The van der Waals surface area contributed by atoms with E-state index in [2.05, 4.69) is 0 Å². The summed E-state index contributed by atoms with van der Waals surface area (Å²) >= 11 is 0. The van der Waals surface area contributed by atoms with Crippen LogP contribution in [0.4, 0.5) is 0 Å². The molecule has 1 rings (SSSR count).